The van der Waals surface area contributed by atoms with Gasteiger partial charge in [-0.15, -0.1) is 0 Å². The van der Waals surface area contributed by atoms with Crippen LogP contribution in [0.3, 0.4) is 0 Å². The average Bonchev–Trinajstić information content (AvgIpc) is 3.03. The summed E-state index contributed by atoms with van der Waals surface area (Å²) in [7, 11) is 0. The second kappa shape index (κ2) is 4.76. The van der Waals surface area contributed by atoms with E-state index in [2.05, 4.69) is 0 Å². The number of hydrogen-bond acceptors (Lipinski definition) is 4. The summed E-state index contributed by atoms with van der Waals surface area (Å²) in [6, 6.07) is 5.44. The number of imide groups is 1. The molecule has 19 heavy (non-hydrogen) atoms. The highest BCUT2D eigenvalue weighted by atomic mass is 16.7. The van der Waals surface area contributed by atoms with Crippen LogP contribution in [0.1, 0.15) is 18.4 Å². The summed E-state index contributed by atoms with van der Waals surface area (Å²) >= 11 is 0. The van der Waals surface area contributed by atoms with Crippen LogP contribution in [0.2, 0.25) is 0 Å². The molecule has 3 rings (SSSR count). The Morgan fingerprint density at radius 3 is 2.89 bits per heavy atom. The molecule has 0 radical (unpaired) electrons. The number of ether oxygens (including phenoxy) is 2. The van der Waals surface area contributed by atoms with E-state index < -0.39 is 0 Å². The molecular formula is C14H13NO4. The lowest BCUT2D eigenvalue weighted by Gasteiger charge is -2.09. The van der Waals surface area contributed by atoms with E-state index in [0.29, 0.717) is 24.5 Å². The van der Waals surface area contributed by atoms with E-state index in [9.17, 15) is 9.59 Å². The zero-order chi connectivity index (χ0) is 13.2. The Kier molecular flexibility index (Phi) is 2.95. The van der Waals surface area contributed by atoms with Crippen molar-refractivity contribution < 1.29 is 19.1 Å². The number of amides is 2. The van der Waals surface area contributed by atoms with E-state index >= 15 is 0 Å². The molecule has 2 heterocycles. The molecule has 0 saturated carbocycles. The number of rotatable bonds is 2. The standard InChI is InChI=1S/C14H13NO4/c16-13-2-1-7-15(13)14(17)6-4-10-3-5-11-12(8-10)19-9-18-11/h3-6,8H,1-2,7,9H2/b6-4+. The highest BCUT2D eigenvalue weighted by molar-refractivity contribution is 6.03. The molecule has 1 aromatic carbocycles. The fourth-order valence-electron chi connectivity index (χ4n) is 2.16. The number of fused-ring (bicyclic) bond motifs is 1. The lowest BCUT2D eigenvalue weighted by atomic mass is 10.2. The minimum atomic E-state index is -0.264. The molecule has 0 N–H and O–H groups in total. The van der Waals surface area contributed by atoms with E-state index in [1.54, 1.807) is 18.2 Å². The van der Waals surface area contributed by atoms with Gasteiger partial charge in [0.25, 0.3) is 5.91 Å². The first kappa shape index (κ1) is 11.8. The fraction of sp³-hybridized carbons (Fsp3) is 0.286. The monoisotopic (exact) mass is 259 g/mol. The Bertz CT molecular complexity index is 565. The van der Waals surface area contributed by atoms with Crippen molar-refractivity contribution in [2.24, 2.45) is 0 Å². The second-order valence-electron chi connectivity index (χ2n) is 4.43. The van der Waals surface area contributed by atoms with E-state index in [0.717, 1.165) is 12.0 Å². The van der Waals surface area contributed by atoms with Gasteiger partial charge in [-0.2, -0.15) is 0 Å². The first-order chi connectivity index (χ1) is 9.24. The summed E-state index contributed by atoms with van der Waals surface area (Å²) in [5.41, 5.74) is 0.837. The van der Waals surface area contributed by atoms with Crippen LogP contribution in [0.15, 0.2) is 24.3 Å². The summed E-state index contributed by atoms with van der Waals surface area (Å²) in [6.45, 7) is 0.743. The third-order valence-corrected chi connectivity index (χ3v) is 3.15. The summed E-state index contributed by atoms with van der Waals surface area (Å²) in [4.78, 5) is 24.5. The molecule has 98 valence electrons. The Hall–Kier alpha value is -2.30. The smallest absolute Gasteiger partial charge is 0.253 e. The van der Waals surface area contributed by atoms with Gasteiger partial charge in [0.1, 0.15) is 0 Å². The van der Waals surface area contributed by atoms with E-state index in [4.69, 9.17) is 9.47 Å². The van der Waals surface area contributed by atoms with Crippen LogP contribution >= 0.6 is 0 Å². The van der Waals surface area contributed by atoms with Gasteiger partial charge in [0, 0.05) is 19.0 Å². The van der Waals surface area contributed by atoms with E-state index in [1.807, 2.05) is 6.07 Å². The van der Waals surface area contributed by atoms with E-state index in [-0.39, 0.29) is 18.6 Å². The van der Waals surface area contributed by atoms with Gasteiger partial charge < -0.3 is 9.47 Å². The molecule has 0 aromatic heterocycles. The molecule has 1 aromatic rings. The molecule has 5 nitrogen and oxygen atoms in total. The predicted molar refractivity (Wildman–Crippen MR) is 67.6 cm³/mol. The number of hydrogen-bond donors (Lipinski definition) is 0. The maximum Gasteiger partial charge on any atom is 0.253 e. The van der Waals surface area contributed by atoms with Crippen LogP contribution in [-0.4, -0.2) is 30.1 Å². The summed E-state index contributed by atoms with van der Waals surface area (Å²) < 4.78 is 10.5. The molecule has 0 aliphatic carbocycles. The quantitative estimate of drug-likeness (QED) is 0.757. The number of carbonyl (C=O) groups excluding carboxylic acids is 2. The summed E-state index contributed by atoms with van der Waals surface area (Å²) in [5, 5.41) is 0. The fourth-order valence-corrected chi connectivity index (χ4v) is 2.16. The van der Waals surface area contributed by atoms with Crippen LogP contribution in [-0.2, 0) is 9.59 Å². The van der Waals surface area contributed by atoms with Crippen molar-refractivity contribution in [3.05, 3.63) is 29.8 Å². The summed E-state index contributed by atoms with van der Waals surface area (Å²) in [6.07, 6.45) is 4.31. The normalized spacial score (nSPS) is 17.5. The molecule has 0 unspecified atom stereocenters. The minimum absolute atomic E-state index is 0.0969. The van der Waals surface area contributed by atoms with Gasteiger partial charge in [0.05, 0.1) is 0 Å². The van der Waals surface area contributed by atoms with Gasteiger partial charge in [-0.1, -0.05) is 6.07 Å². The van der Waals surface area contributed by atoms with Crippen molar-refractivity contribution in [1.29, 1.82) is 0 Å². The molecule has 0 spiro atoms. The highest BCUT2D eigenvalue weighted by Gasteiger charge is 2.24. The van der Waals surface area contributed by atoms with Crippen molar-refractivity contribution in [3.63, 3.8) is 0 Å². The van der Waals surface area contributed by atoms with Gasteiger partial charge in [-0.05, 0) is 30.2 Å². The molecule has 2 amide bonds. The van der Waals surface area contributed by atoms with Crippen LogP contribution in [0.4, 0.5) is 0 Å². The maximum absolute atomic E-state index is 11.8. The summed E-state index contributed by atoms with van der Waals surface area (Å²) in [5.74, 6) is 1.02. The number of likely N-dealkylation sites (tertiary alicyclic amines) is 1. The van der Waals surface area contributed by atoms with Crippen molar-refractivity contribution in [3.8, 4) is 11.5 Å². The molecule has 0 bridgehead atoms. The third-order valence-electron chi connectivity index (χ3n) is 3.15. The lowest BCUT2D eigenvalue weighted by molar-refractivity contribution is -0.138. The number of benzene rings is 1. The van der Waals surface area contributed by atoms with E-state index in [1.165, 1.54) is 11.0 Å². The lowest BCUT2D eigenvalue weighted by Crippen LogP contribution is -2.30. The Morgan fingerprint density at radius 2 is 2.11 bits per heavy atom. The Labute approximate surface area is 110 Å². The van der Waals surface area contributed by atoms with Crippen molar-refractivity contribution in [1.82, 2.24) is 4.90 Å². The predicted octanol–water partition coefficient (Wildman–Crippen LogP) is 1.58. The van der Waals surface area contributed by atoms with Gasteiger partial charge in [-0.3, -0.25) is 14.5 Å². The molecule has 1 fully saturated rings. The van der Waals surface area contributed by atoms with Gasteiger partial charge in [-0.25, -0.2) is 0 Å². The zero-order valence-electron chi connectivity index (χ0n) is 10.3. The zero-order valence-corrected chi connectivity index (χ0v) is 10.3. The molecule has 2 aliphatic rings. The highest BCUT2D eigenvalue weighted by Crippen LogP contribution is 2.32. The molecule has 1 saturated heterocycles. The molecule has 2 aliphatic heterocycles. The van der Waals surface area contributed by atoms with Gasteiger partial charge in [0.2, 0.25) is 12.7 Å². The average molecular weight is 259 g/mol. The first-order valence-corrected chi connectivity index (χ1v) is 6.16. The van der Waals surface area contributed by atoms with Crippen molar-refractivity contribution in [2.75, 3.05) is 13.3 Å². The Balaban J connectivity index is 1.72. The molecule has 5 heteroatoms. The molecular weight excluding hydrogens is 246 g/mol. The van der Waals surface area contributed by atoms with Crippen LogP contribution in [0.25, 0.3) is 6.08 Å². The Morgan fingerprint density at radius 1 is 1.26 bits per heavy atom. The van der Waals surface area contributed by atoms with Crippen LogP contribution in [0, 0.1) is 0 Å². The van der Waals surface area contributed by atoms with Crippen molar-refractivity contribution >= 4 is 17.9 Å². The van der Waals surface area contributed by atoms with Gasteiger partial charge in [0.15, 0.2) is 11.5 Å². The maximum atomic E-state index is 11.8. The third kappa shape index (κ3) is 2.31. The second-order valence-corrected chi connectivity index (χ2v) is 4.43. The number of nitrogens with zero attached hydrogens (tertiary/aromatic N) is 1. The van der Waals surface area contributed by atoms with Crippen molar-refractivity contribution in [2.45, 2.75) is 12.8 Å². The largest absolute Gasteiger partial charge is 0.454 e. The van der Waals surface area contributed by atoms with Crippen LogP contribution in [0.5, 0.6) is 11.5 Å². The first-order valence-electron chi connectivity index (χ1n) is 6.16. The van der Waals surface area contributed by atoms with Gasteiger partial charge >= 0.3 is 0 Å². The van der Waals surface area contributed by atoms with Crippen LogP contribution < -0.4 is 9.47 Å². The number of carbonyl (C=O) groups is 2. The topological polar surface area (TPSA) is 55.8 Å². The molecule has 0 atom stereocenters. The minimum Gasteiger partial charge on any atom is -0.454 e. The SMILES string of the molecule is O=C(/C=C/c1ccc2c(c1)OCO2)N1CCCC1=O.